The van der Waals surface area contributed by atoms with Gasteiger partial charge in [0.1, 0.15) is 12.1 Å². The molecule has 0 aliphatic carbocycles. The zero-order chi connectivity index (χ0) is 20.7. The predicted octanol–water partition coefficient (Wildman–Crippen LogP) is 1.55. The largest absolute Gasteiger partial charge is 0.337 e. The van der Waals surface area contributed by atoms with Gasteiger partial charge in [0.05, 0.1) is 23.0 Å². The summed E-state index contributed by atoms with van der Waals surface area (Å²) in [4.78, 5) is 22.8. The van der Waals surface area contributed by atoms with E-state index in [2.05, 4.69) is 25.3 Å². The first-order valence-corrected chi connectivity index (χ1v) is 10.7. The molecule has 0 saturated carbocycles. The van der Waals surface area contributed by atoms with Gasteiger partial charge in [0.25, 0.3) is 5.91 Å². The molecule has 1 saturated heterocycles. The zero-order valence-corrected chi connectivity index (χ0v) is 16.5. The highest BCUT2D eigenvalue weighted by Crippen LogP contribution is 2.24. The summed E-state index contributed by atoms with van der Waals surface area (Å²) < 4.78 is 27.6. The molecule has 1 amide bonds. The van der Waals surface area contributed by atoms with Gasteiger partial charge in [-0.2, -0.15) is 10.2 Å². The molecule has 3 aromatic heterocycles. The van der Waals surface area contributed by atoms with Gasteiger partial charge in [-0.05, 0) is 18.2 Å². The third-order valence-electron chi connectivity index (χ3n) is 4.99. The van der Waals surface area contributed by atoms with E-state index in [-0.39, 0.29) is 5.91 Å². The molecule has 1 N–H and O–H groups in total. The second-order valence-corrected chi connectivity index (χ2v) is 8.53. The SMILES string of the molecule is O=C(c1cnc2c(cnn2-c2ccc(-c3ncn[nH]3)c(F)c2)c1)N1CCS(=O)CC1. The summed E-state index contributed by atoms with van der Waals surface area (Å²) in [6, 6.07) is 6.37. The van der Waals surface area contributed by atoms with Crippen LogP contribution >= 0.6 is 0 Å². The van der Waals surface area contributed by atoms with Crippen molar-refractivity contribution < 1.29 is 13.4 Å². The minimum atomic E-state index is -0.850. The summed E-state index contributed by atoms with van der Waals surface area (Å²) in [5, 5.41) is 11.3. The summed E-state index contributed by atoms with van der Waals surface area (Å²) >= 11 is 0. The number of fused-ring (bicyclic) bond motifs is 1. The van der Waals surface area contributed by atoms with E-state index in [1.807, 2.05) is 0 Å². The molecule has 4 aromatic rings. The Bertz CT molecular complexity index is 1260. The fourth-order valence-corrected chi connectivity index (χ4v) is 4.47. The number of amides is 1. The van der Waals surface area contributed by atoms with Crippen molar-refractivity contribution in [3.05, 3.63) is 54.4 Å². The Kier molecular flexibility index (Phi) is 4.58. The lowest BCUT2D eigenvalue weighted by molar-refractivity contribution is 0.0771. The summed E-state index contributed by atoms with van der Waals surface area (Å²) in [5.41, 5.74) is 1.76. The van der Waals surface area contributed by atoms with E-state index in [1.165, 1.54) is 23.3 Å². The Morgan fingerprint density at radius 3 is 2.70 bits per heavy atom. The van der Waals surface area contributed by atoms with Crippen LogP contribution in [-0.4, -0.2) is 69.6 Å². The molecule has 0 bridgehead atoms. The molecule has 0 atom stereocenters. The highest BCUT2D eigenvalue weighted by atomic mass is 32.2. The van der Waals surface area contributed by atoms with Crippen LogP contribution in [0.15, 0.2) is 43.0 Å². The third kappa shape index (κ3) is 3.26. The van der Waals surface area contributed by atoms with Crippen molar-refractivity contribution in [3.8, 4) is 17.1 Å². The molecule has 1 aliphatic rings. The van der Waals surface area contributed by atoms with Crippen LogP contribution in [0.25, 0.3) is 28.1 Å². The highest BCUT2D eigenvalue weighted by molar-refractivity contribution is 7.85. The number of aromatic nitrogens is 6. The van der Waals surface area contributed by atoms with E-state index >= 15 is 0 Å². The van der Waals surface area contributed by atoms with E-state index in [0.717, 1.165) is 0 Å². The predicted molar refractivity (Wildman–Crippen MR) is 108 cm³/mol. The van der Waals surface area contributed by atoms with Crippen LogP contribution < -0.4 is 0 Å². The van der Waals surface area contributed by atoms with Crippen LogP contribution in [-0.2, 0) is 10.8 Å². The Hall–Kier alpha value is -3.47. The number of H-pyrrole nitrogens is 1. The molecular formula is C19H16FN7O2S. The number of halogens is 1. The number of rotatable bonds is 3. The van der Waals surface area contributed by atoms with Crippen LogP contribution in [0, 0.1) is 5.82 Å². The molecule has 4 heterocycles. The average Bonchev–Trinajstić information content (AvgIpc) is 3.43. The number of carbonyl (C=O) groups excluding carboxylic acids is 1. The third-order valence-corrected chi connectivity index (χ3v) is 6.26. The maximum absolute atomic E-state index is 14.6. The van der Waals surface area contributed by atoms with E-state index in [4.69, 9.17) is 0 Å². The van der Waals surface area contributed by atoms with E-state index in [9.17, 15) is 13.4 Å². The number of aromatic amines is 1. The molecule has 152 valence electrons. The Morgan fingerprint density at radius 1 is 1.13 bits per heavy atom. The minimum Gasteiger partial charge on any atom is -0.337 e. The van der Waals surface area contributed by atoms with Gasteiger partial charge in [-0.1, -0.05) is 0 Å². The van der Waals surface area contributed by atoms with E-state index in [1.54, 1.807) is 29.3 Å². The fourth-order valence-electron chi connectivity index (χ4n) is 3.41. The van der Waals surface area contributed by atoms with Gasteiger partial charge in [0.2, 0.25) is 0 Å². The molecule has 9 nitrogen and oxygen atoms in total. The second-order valence-electron chi connectivity index (χ2n) is 6.83. The minimum absolute atomic E-state index is 0.142. The maximum atomic E-state index is 14.6. The molecule has 0 unspecified atom stereocenters. The molecule has 0 spiro atoms. The topological polar surface area (TPSA) is 110 Å². The monoisotopic (exact) mass is 425 g/mol. The standard InChI is InChI=1S/C19H16FN7O2S/c20-16-8-14(1-2-15(16)17-22-11-23-25-17)27-18-12(10-24-27)7-13(9-21-18)19(28)26-3-5-30(29)6-4-26/h1-2,7-11H,3-6H2,(H,22,23,25). The number of hydrogen-bond donors (Lipinski definition) is 1. The van der Waals surface area contributed by atoms with Gasteiger partial charge in [0.15, 0.2) is 11.5 Å². The lowest BCUT2D eigenvalue weighted by atomic mass is 10.2. The van der Waals surface area contributed by atoms with Gasteiger partial charge in [-0.15, -0.1) is 0 Å². The van der Waals surface area contributed by atoms with Gasteiger partial charge in [0, 0.05) is 53.0 Å². The number of carbonyl (C=O) groups is 1. The van der Waals surface area contributed by atoms with Gasteiger partial charge >= 0.3 is 0 Å². The Balaban J connectivity index is 1.45. The normalized spacial score (nSPS) is 15.0. The Morgan fingerprint density at radius 2 is 1.97 bits per heavy atom. The summed E-state index contributed by atoms with van der Waals surface area (Å²) in [6.45, 7) is 0.944. The summed E-state index contributed by atoms with van der Waals surface area (Å²) in [6.07, 6.45) is 4.40. The number of nitrogens with one attached hydrogen (secondary N) is 1. The van der Waals surface area contributed by atoms with E-state index in [0.29, 0.717) is 58.3 Å². The molecule has 5 rings (SSSR count). The van der Waals surface area contributed by atoms with Gasteiger partial charge in [-0.3, -0.25) is 14.1 Å². The first-order chi connectivity index (χ1) is 14.6. The number of nitrogens with zero attached hydrogens (tertiary/aromatic N) is 6. The summed E-state index contributed by atoms with van der Waals surface area (Å²) in [7, 11) is -0.850. The van der Waals surface area contributed by atoms with Gasteiger partial charge < -0.3 is 4.90 Å². The van der Waals surface area contributed by atoms with Crippen LogP contribution in [0.3, 0.4) is 0 Å². The molecule has 30 heavy (non-hydrogen) atoms. The van der Waals surface area contributed by atoms with Gasteiger partial charge in [-0.25, -0.2) is 19.0 Å². The molecule has 0 radical (unpaired) electrons. The van der Waals surface area contributed by atoms with Crippen LogP contribution in [0.5, 0.6) is 0 Å². The Labute approximate surface area is 172 Å². The molecular weight excluding hydrogens is 409 g/mol. The van der Waals surface area contributed by atoms with Crippen molar-refractivity contribution >= 4 is 27.7 Å². The lowest BCUT2D eigenvalue weighted by Gasteiger charge is -2.26. The molecule has 1 fully saturated rings. The van der Waals surface area contributed by atoms with Crippen molar-refractivity contribution in [2.24, 2.45) is 0 Å². The first kappa shape index (κ1) is 18.6. The molecule has 1 aliphatic heterocycles. The van der Waals surface area contributed by atoms with Crippen LogP contribution in [0.4, 0.5) is 4.39 Å². The summed E-state index contributed by atoms with van der Waals surface area (Å²) in [5.74, 6) is 0.718. The number of benzene rings is 1. The van der Waals surface area contributed by atoms with Crippen LogP contribution in [0.2, 0.25) is 0 Å². The highest BCUT2D eigenvalue weighted by Gasteiger charge is 2.22. The molecule has 1 aromatic carbocycles. The smallest absolute Gasteiger partial charge is 0.255 e. The van der Waals surface area contributed by atoms with E-state index < -0.39 is 16.6 Å². The number of pyridine rings is 1. The first-order valence-electron chi connectivity index (χ1n) is 9.24. The molecule has 11 heteroatoms. The van der Waals surface area contributed by atoms with Crippen molar-refractivity contribution in [1.29, 1.82) is 0 Å². The second kappa shape index (κ2) is 7.41. The zero-order valence-electron chi connectivity index (χ0n) is 15.7. The van der Waals surface area contributed by atoms with Crippen molar-refractivity contribution in [1.82, 2.24) is 34.8 Å². The average molecular weight is 425 g/mol. The number of hydrogen-bond acceptors (Lipinski definition) is 6. The quantitative estimate of drug-likeness (QED) is 0.533. The fraction of sp³-hybridized carbons (Fsp3) is 0.211. The maximum Gasteiger partial charge on any atom is 0.255 e. The lowest BCUT2D eigenvalue weighted by Crippen LogP contribution is -2.41. The van der Waals surface area contributed by atoms with Crippen molar-refractivity contribution in [2.75, 3.05) is 24.6 Å². The van der Waals surface area contributed by atoms with Crippen LogP contribution in [0.1, 0.15) is 10.4 Å². The van der Waals surface area contributed by atoms with Crippen molar-refractivity contribution in [3.63, 3.8) is 0 Å². The van der Waals surface area contributed by atoms with Crippen molar-refractivity contribution in [2.45, 2.75) is 0 Å².